The lowest BCUT2D eigenvalue weighted by Gasteiger charge is -2.68. The van der Waals surface area contributed by atoms with Crippen LogP contribution in [0.3, 0.4) is 0 Å². The molecule has 3 saturated carbocycles. The molecule has 3 heterocycles. The Morgan fingerprint density at radius 1 is 1.19 bits per heavy atom. The molecule has 1 aromatic rings. The predicted molar refractivity (Wildman–Crippen MR) is 122 cm³/mol. The molecule has 9 heteroatoms. The van der Waals surface area contributed by atoms with Gasteiger partial charge in [-0.05, 0) is 30.2 Å². The van der Waals surface area contributed by atoms with Crippen LogP contribution in [0, 0.1) is 28.1 Å². The van der Waals surface area contributed by atoms with Gasteiger partial charge < -0.3 is 28.8 Å². The molecule has 2 N–H and O–H groups in total. The third kappa shape index (κ3) is 2.37. The molecule has 3 aliphatic carbocycles. The van der Waals surface area contributed by atoms with Crippen molar-refractivity contribution in [3.05, 3.63) is 24.2 Å². The highest BCUT2D eigenvalue weighted by Crippen LogP contribution is 2.77. The second kappa shape index (κ2) is 6.79. The smallest absolute Gasteiger partial charge is 0.309 e. The van der Waals surface area contributed by atoms with E-state index in [1.165, 1.54) is 19.6 Å². The molecule has 36 heavy (non-hydrogen) atoms. The first-order chi connectivity index (χ1) is 16.7. The number of esters is 2. The van der Waals surface area contributed by atoms with Crippen molar-refractivity contribution in [1.29, 1.82) is 0 Å². The number of carbonyl (C=O) groups is 3. The Balaban J connectivity index is 1.57. The van der Waals surface area contributed by atoms with Gasteiger partial charge in [-0.2, -0.15) is 0 Å². The number of Topliss-reactive ketones (excluding diaryl/α,β-unsaturated/α-hetero) is 1. The summed E-state index contributed by atoms with van der Waals surface area (Å²) in [7, 11) is 1.32. The molecule has 0 radical (unpaired) electrons. The highest BCUT2D eigenvalue weighted by Gasteiger charge is 2.88. The molecule has 9 nitrogen and oxygen atoms in total. The molecule has 1 aromatic heterocycles. The Hall–Kier alpha value is -2.23. The molecule has 3 bridgehead atoms. The predicted octanol–water partition coefficient (Wildman–Crippen LogP) is 2.48. The van der Waals surface area contributed by atoms with Gasteiger partial charge in [-0.25, -0.2) is 0 Å². The Morgan fingerprint density at radius 2 is 1.92 bits per heavy atom. The van der Waals surface area contributed by atoms with Gasteiger partial charge in [0.2, 0.25) is 0 Å². The quantitative estimate of drug-likeness (QED) is 0.598. The monoisotopic (exact) mass is 502 g/mol. The fourth-order valence-electron chi connectivity index (χ4n) is 9.48. The van der Waals surface area contributed by atoms with E-state index >= 15 is 0 Å². The van der Waals surface area contributed by atoms with Crippen LogP contribution in [0.5, 0.6) is 0 Å². The molecule has 5 aliphatic rings. The van der Waals surface area contributed by atoms with Crippen molar-refractivity contribution in [3.63, 3.8) is 0 Å². The lowest BCUT2D eigenvalue weighted by molar-refractivity contribution is -0.317. The van der Waals surface area contributed by atoms with E-state index < -0.39 is 69.0 Å². The van der Waals surface area contributed by atoms with Gasteiger partial charge in [0.05, 0.1) is 32.2 Å². The molecule has 196 valence electrons. The summed E-state index contributed by atoms with van der Waals surface area (Å²) in [4.78, 5) is 39.7. The van der Waals surface area contributed by atoms with Crippen molar-refractivity contribution in [3.8, 4) is 0 Å². The van der Waals surface area contributed by atoms with Crippen LogP contribution in [0.25, 0.3) is 0 Å². The fourth-order valence-corrected chi connectivity index (χ4v) is 9.48. The molecule has 2 aliphatic heterocycles. The van der Waals surface area contributed by atoms with Crippen LogP contribution >= 0.6 is 0 Å². The van der Waals surface area contributed by atoms with Crippen LogP contribution in [-0.4, -0.2) is 58.0 Å². The third-order valence-electron chi connectivity index (χ3n) is 11.0. The average molecular weight is 503 g/mol. The number of fused-ring (bicyclic) bond motifs is 3. The summed E-state index contributed by atoms with van der Waals surface area (Å²) in [6, 6.07) is 1.72. The Kier molecular flexibility index (Phi) is 4.55. The average Bonchev–Trinajstić information content (AvgIpc) is 3.43. The molecular formula is C27H34O9. The van der Waals surface area contributed by atoms with Crippen molar-refractivity contribution >= 4 is 17.7 Å². The number of carbonyl (C=O) groups excluding carboxylic acids is 3. The van der Waals surface area contributed by atoms with Crippen molar-refractivity contribution in [1.82, 2.24) is 0 Å². The van der Waals surface area contributed by atoms with Crippen molar-refractivity contribution in [2.45, 2.75) is 88.8 Å². The van der Waals surface area contributed by atoms with E-state index in [0.29, 0.717) is 18.4 Å². The van der Waals surface area contributed by atoms with Crippen LogP contribution in [0.4, 0.5) is 0 Å². The van der Waals surface area contributed by atoms with Crippen molar-refractivity contribution < 1.29 is 43.2 Å². The lowest BCUT2D eigenvalue weighted by Crippen LogP contribution is -2.79. The van der Waals surface area contributed by atoms with E-state index in [-0.39, 0.29) is 25.0 Å². The largest absolute Gasteiger partial charge is 0.472 e. The molecule has 6 rings (SSSR count). The van der Waals surface area contributed by atoms with E-state index in [4.69, 9.17) is 18.6 Å². The van der Waals surface area contributed by atoms with E-state index in [1.54, 1.807) is 13.0 Å². The zero-order valence-electron chi connectivity index (χ0n) is 21.3. The number of furan rings is 1. The number of methoxy groups -OCH3 is 1. The van der Waals surface area contributed by atoms with Gasteiger partial charge in [0, 0.05) is 35.2 Å². The molecule has 2 saturated heterocycles. The number of hydrogen-bond acceptors (Lipinski definition) is 9. The molecule has 9 unspecified atom stereocenters. The molecule has 5 fully saturated rings. The number of ether oxygens (including phenoxy) is 3. The van der Waals surface area contributed by atoms with E-state index in [9.17, 15) is 24.6 Å². The number of hydrogen-bond donors (Lipinski definition) is 2. The van der Waals surface area contributed by atoms with Gasteiger partial charge >= 0.3 is 11.9 Å². The highest BCUT2D eigenvalue weighted by atomic mass is 16.6. The van der Waals surface area contributed by atoms with E-state index in [0.717, 1.165) is 0 Å². The standard InChI is InChI=1S/C27H34O9/c1-22(2)16(10-17(28)33-5)24(4)15-6-8-23(3)19(14-7-9-34-12-14)35-18(29)11-27(23,32)26(15)13-25(31,20(24)30)21(22)36-26/h7,9,12,15-16,19,21,31-32H,6,8,10-11,13H2,1-5H3. The van der Waals surface area contributed by atoms with E-state index in [1.807, 2.05) is 20.8 Å². The molecule has 0 aromatic carbocycles. The normalized spacial score (nSPS) is 50.3. The van der Waals surface area contributed by atoms with Crippen LogP contribution < -0.4 is 0 Å². The van der Waals surface area contributed by atoms with Crippen LogP contribution in [0.1, 0.15) is 71.5 Å². The summed E-state index contributed by atoms with van der Waals surface area (Å²) >= 11 is 0. The SMILES string of the molecule is COC(=O)CC1C(C)(C)C2OC34CC2(O)C(=O)C1(C)C3CCC1(C)C(c2ccoc2)OC(=O)CC14O. The minimum Gasteiger partial charge on any atom is -0.472 e. The zero-order valence-corrected chi connectivity index (χ0v) is 21.3. The molecule has 0 amide bonds. The summed E-state index contributed by atoms with van der Waals surface area (Å²) in [5.74, 6) is -2.37. The third-order valence-corrected chi connectivity index (χ3v) is 11.0. The fraction of sp³-hybridized carbons (Fsp3) is 0.741. The maximum atomic E-state index is 14.1. The number of cyclic esters (lactones) is 1. The van der Waals surface area contributed by atoms with Crippen LogP contribution in [0.2, 0.25) is 0 Å². The van der Waals surface area contributed by atoms with Gasteiger partial charge in [0.1, 0.15) is 17.3 Å². The van der Waals surface area contributed by atoms with Crippen LogP contribution in [0.15, 0.2) is 23.0 Å². The Morgan fingerprint density at radius 3 is 2.56 bits per heavy atom. The zero-order chi connectivity index (χ0) is 26.1. The number of aliphatic hydroxyl groups is 2. The van der Waals surface area contributed by atoms with Gasteiger partial charge in [0.25, 0.3) is 0 Å². The van der Waals surface area contributed by atoms with Crippen LogP contribution in [-0.2, 0) is 28.6 Å². The van der Waals surface area contributed by atoms with Gasteiger partial charge in [-0.3, -0.25) is 14.4 Å². The summed E-state index contributed by atoms with van der Waals surface area (Å²) in [6.45, 7) is 7.51. The minimum absolute atomic E-state index is 0.0103. The molecule has 9 atom stereocenters. The van der Waals surface area contributed by atoms with Crippen molar-refractivity contribution in [2.24, 2.45) is 28.1 Å². The van der Waals surface area contributed by atoms with Gasteiger partial charge in [-0.1, -0.05) is 27.7 Å². The second-order valence-electron chi connectivity index (χ2n) is 12.7. The first-order valence-corrected chi connectivity index (χ1v) is 12.7. The lowest BCUT2D eigenvalue weighted by atomic mass is 9.36. The maximum Gasteiger partial charge on any atom is 0.309 e. The first-order valence-electron chi connectivity index (χ1n) is 12.7. The second-order valence-corrected chi connectivity index (χ2v) is 12.7. The highest BCUT2D eigenvalue weighted by molar-refractivity contribution is 5.97. The molecule has 1 spiro atoms. The molecular weight excluding hydrogens is 468 g/mol. The number of rotatable bonds is 3. The Bertz CT molecular complexity index is 1160. The summed E-state index contributed by atoms with van der Waals surface area (Å²) in [5.41, 5.74) is -7.27. The van der Waals surface area contributed by atoms with Gasteiger partial charge in [0.15, 0.2) is 11.4 Å². The Labute approximate surface area is 209 Å². The van der Waals surface area contributed by atoms with Gasteiger partial charge in [-0.15, -0.1) is 0 Å². The topological polar surface area (TPSA) is 132 Å². The maximum absolute atomic E-state index is 14.1. The summed E-state index contributed by atoms with van der Waals surface area (Å²) in [5, 5.41) is 24.8. The first kappa shape index (κ1) is 24.1. The summed E-state index contributed by atoms with van der Waals surface area (Å²) in [6.07, 6.45) is 1.77. The minimum atomic E-state index is -1.85. The number of ketones is 1. The van der Waals surface area contributed by atoms with E-state index in [2.05, 4.69) is 0 Å². The summed E-state index contributed by atoms with van der Waals surface area (Å²) < 4.78 is 22.9. The van der Waals surface area contributed by atoms with Crippen molar-refractivity contribution in [2.75, 3.05) is 7.11 Å².